The second kappa shape index (κ2) is 7.31. The van der Waals surface area contributed by atoms with E-state index in [0.29, 0.717) is 5.78 Å². The first-order valence-electron chi connectivity index (χ1n) is 8.84. The molecule has 0 bridgehead atoms. The Morgan fingerprint density at radius 3 is 2.38 bits per heavy atom. The Bertz CT molecular complexity index is 1280. The largest absolute Gasteiger partial charge is 0.497 e. The Labute approximate surface area is 175 Å². The van der Waals surface area contributed by atoms with Crippen molar-refractivity contribution in [1.29, 1.82) is 0 Å². The van der Waals surface area contributed by atoms with E-state index in [2.05, 4.69) is 27.7 Å². The van der Waals surface area contributed by atoms with Gasteiger partial charge in [0.1, 0.15) is 17.2 Å². The van der Waals surface area contributed by atoms with Crippen molar-refractivity contribution in [2.24, 2.45) is 0 Å². The molecule has 0 radical (unpaired) electrons. The van der Waals surface area contributed by atoms with Crippen LogP contribution in [0.5, 0.6) is 11.5 Å². The molecule has 4 heterocycles. The maximum atomic E-state index is 5.54. The lowest BCUT2D eigenvalue weighted by molar-refractivity contribution is 0.404. The molecule has 0 spiro atoms. The number of benzene rings is 1. The normalized spacial score (nSPS) is 11.1. The molecule has 0 fully saturated rings. The lowest BCUT2D eigenvalue weighted by Gasteiger charge is -2.08. The number of hydrogen-bond donors (Lipinski definition) is 0. The highest BCUT2D eigenvalue weighted by molar-refractivity contribution is 7.14. The van der Waals surface area contributed by atoms with Gasteiger partial charge in [0.05, 0.1) is 35.4 Å². The summed E-state index contributed by atoms with van der Waals surface area (Å²) in [6.07, 6.45) is 1.98. The summed E-state index contributed by atoms with van der Waals surface area (Å²) in [6.45, 7) is 0. The summed E-state index contributed by atoms with van der Waals surface area (Å²) >= 11 is 3.31. The Kier molecular flexibility index (Phi) is 4.49. The lowest BCUT2D eigenvalue weighted by atomic mass is 10.1. The van der Waals surface area contributed by atoms with Gasteiger partial charge in [-0.25, -0.2) is 4.98 Å². The van der Waals surface area contributed by atoms with Crippen LogP contribution in [0.15, 0.2) is 59.4 Å². The summed E-state index contributed by atoms with van der Waals surface area (Å²) in [5.41, 5.74) is 3.41. The minimum Gasteiger partial charge on any atom is -0.497 e. The van der Waals surface area contributed by atoms with Crippen LogP contribution < -0.4 is 9.47 Å². The fourth-order valence-corrected chi connectivity index (χ4v) is 4.71. The van der Waals surface area contributed by atoms with Gasteiger partial charge in [-0.2, -0.15) is 0 Å². The number of imidazole rings is 1. The maximum absolute atomic E-state index is 5.54. The zero-order valence-electron chi connectivity index (χ0n) is 15.7. The average molecular weight is 421 g/mol. The van der Waals surface area contributed by atoms with Gasteiger partial charge >= 0.3 is 0 Å². The molecule has 0 saturated carbocycles. The Hall–Kier alpha value is -3.23. The highest BCUT2D eigenvalue weighted by Crippen LogP contribution is 2.37. The van der Waals surface area contributed by atoms with E-state index >= 15 is 0 Å². The zero-order valence-corrected chi connectivity index (χ0v) is 17.3. The molecule has 0 saturated heterocycles. The van der Waals surface area contributed by atoms with E-state index in [1.54, 1.807) is 36.9 Å². The zero-order chi connectivity index (χ0) is 19.8. The van der Waals surface area contributed by atoms with Crippen LogP contribution >= 0.6 is 22.7 Å². The van der Waals surface area contributed by atoms with E-state index in [0.717, 1.165) is 43.9 Å². The second-order valence-electron chi connectivity index (χ2n) is 6.21. The minimum atomic E-state index is 0.536. The van der Waals surface area contributed by atoms with E-state index in [1.807, 2.05) is 46.3 Å². The molecule has 6 nitrogen and oxygen atoms in total. The number of aromatic nitrogens is 4. The molecule has 4 aromatic heterocycles. The average Bonchev–Trinajstić information content (AvgIpc) is 3.53. The van der Waals surface area contributed by atoms with Crippen molar-refractivity contribution in [2.45, 2.75) is 0 Å². The van der Waals surface area contributed by atoms with Crippen molar-refractivity contribution in [3.8, 4) is 43.9 Å². The number of methoxy groups -OCH3 is 2. The van der Waals surface area contributed by atoms with Gasteiger partial charge < -0.3 is 9.47 Å². The van der Waals surface area contributed by atoms with Gasteiger partial charge in [-0.3, -0.25) is 4.40 Å². The molecule has 0 aliphatic heterocycles. The third-order valence-electron chi connectivity index (χ3n) is 4.58. The summed E-state index contributed by atoms with van der Waals surface area (Å²) < 4.78 is 12.9. The highest BCUT2D eigenvalue weighted by atomic mass is 32.1. The van der Waals surface area contributed by atoms with Gasteiger partial charge in [-0.15, -0.1) is 32.9 Å². The topological polar surface area (TPSA) is 61.5 Å². The molecule has 8 heteroatoms. The van der Waals surface area contributed by atoms with Crippen molar-refractivity contribution >= 4 is 28.5 Å². The van der Waals surface area contributed by atoms with Crippen molar-refractivity contribution in [3.05, 3.63) is 59.4 Å². The third kappa shape index (κ3) is 3.06. The SMILES string of the molecule is COc1ccc(OC)c(-c2cn3c(-c4cccs4)c(-c4cccs4)nnc3n2)c1. The van der Waals surface area contributed by atoms with E-state index in [9.17, 15) is 0 Å². The standard InChI is InChI=1S/C21H16N4O2S2/c1-26-13-7-8-16(27-2)14(11-13)15-12-25-20(18-6-4-10-29-18)19(17-5-3-9-28-17)23-24-21(25)22-15/h3-12H,1-2H3. The lowest BCUT2D eigenvalue weighted by Crippen LogP contribution is -1.99. The Morgan fingerprint density at radius 2 is 1.69 bits per heavy atom. The summed E-state index contributed by atoms with van der Waals surface area (Å²) in [5, 5.41) is 13.0. The molecule has 29 heavy (non-hydrogen) atoms. The molecule has 0 aliphatic rings. The van der Waals surface area contributed by atoms with Crippen LogP contribution in [0.4, 0.5) is 0 Å². The second-order valence-corrected chi connectivity index (χ2v) is 8.11. The van der Waals surface area contributed by atoms with Gasteiger partial charge in [0.25, 0.3) is 5.78 Å². The van der Waals surface area contributed by atoms with Gasteiger partial charge in [0.15, 0.2) is 0 Å². The van der Waals surface area contributed by atoms with Gasteiger partial charge in [-0.05, 0) is 41.1 Å². The number of nitrogens with zero attached hydrogens (tertiary/aromatic N) is 4. The quantitative estimate of drug-likeness (QED) is 0.388. The molecule has 1 aromatic carbocycles. The van der Waals surface area contributed by atoms with E-state index in [1.165, 1.54) is 0 Å². The first-order valence-corrected chi connectivity index (χ1v) is 10.6. The molecule has 5 rings (SSSR count). The summed E-state index contributed by atoms with van der Waals surface area (Å²) in [4.78, 5) is 6.89. The van der Waals surface area contributed by atoms with Crippen molar-refractivity contribution < 1.29 is 9.47 Å². The van der Waals surface area contributed by atoms with Gasteiger partial charge in [-0.1, -0.05) is 12.1 Å². The van der Waals surface area contributed by atoms with Crippen LogP contribution in [0.2, 0.25) is 0 Å². The first kappa shape index (κ1) is 17.8. The molecular weight excluding hydrogens is 404 g/mol. The van der Waals surface area contributed by atoms with Crippen LogP contribution in [0.25, 0.3) is 38.2 Å². The fourth-order valence-electron chi connectivity index (χ4n) is 3.23. The van der Waals surface area contributed by atoms with Crippen LogP contribution in [-0.4, -0.2) is 33.8 Å². The number of ether oxygens (including phenoxy) is 2. The summed E-state index contributed by atoms with van der Waals surface area (Å²) in [5.74, 6) is 1.99. The van der Waals surface area contributed by atoms with E-state index in [-0.39, 0.29) is 0 Å². The first-order chi connectivity index (χ1) is 14.3. The van der Waals surface area contributed by atoms with E-state index < -0.39 is 0 Å². The third-order valence-corrected chi connectivity index (χ3v) is 6.34. The van der Waals surface area contributed by atoms with Crippen molar-refractivity contribution in [1.82, 2.24) is 19.6 Å². The maximum Gasteiger partial charge on any atom is 0.254 e. The molecule has 0 unspecified atom stereocenters. The minimum absolute atomic E-state index is 0.536. The van der Waals surface area contributed by atoms with Crippen LogP contribution in [0.3, 0.4) is 0 Å². The summed E-state index contributed by atoms with van der Waals surface area (Å²) in [6, 6.07) is 13.9. The number of fused-ring (bicyclic) bond motifs is 1. The number of hydrogen-bond acceptors (Lipinski definition) is 7. The monoisotopic (exact) mass is 420 g/mol. The highest BCUT2D eigenvalue weighted by Gasteiger charge is 2.19. The molecule has 144 valence electrons. The molecule has 0 N–H and O–H groups in total. The Balaban J connectivity index is 1.78. The number of thiophene rings is 2. The molecule has 0 amide bonds. The summed E-state index contributed by atoms with van der Waals surface area (Å²) in [7, 11) is 3.29. The predicted octanol–water partition coefficient (Wildman–Crippen LogP) is 5.27. The molecule has 0 atom stereocenters. The predicted molar refractivity (Wildman–Crippen MR) is 116 cm³/mol. The van der Waals surface area contributed by atoms with Crippen LogP contribution in [-0.2, 0) is 0 Å². The van der Waals surface area contributed by atoms with Gasteiger partial charge in [0.2, 0.25) is 0 Å². The number of rotatable bonds is 5. The smallest absolute Gasteiger partial charge is 0.254 e. The van der Waals surface area contributed by atoms with E-state index in [4.69, 9.17) is 14.5 Å². The Morgan fingerprint density at radius 1 is 0.897 bits per heavy atom. The van der Waals surface area contributed by atoms with Gasteiger partial charge in [0, 0.05) is 11.8 Å². The van der Waals surface area contributed by atoms with Crippen molar-refractivity contribution in [2.75, 3.05) is 14.2 Å². The fraction of sp³-hybridized carbons (Fsp3) is 0.0952. The van der Waals surface area contributed by atoms with Crippen LogP contribution in [0, 0.1) is 0 Å². The molecule has 5 aromatic rings. The van der Waals surface area contributed by atoms with Crippen molar-refractivity contribution in [3.63, 3.8) is 0 Å². The molecule has 0 aliphatic carbocycles. The molecular formula is C21H16N4O2S2. The van der Waals surface area contributed by atoms with Crippen LogP contribution in [0.1, 0.15) is 0 Å².